The molecule has 1 aliphatic rings. The monoisotopic (exact) mass is 307 g/mol. The number of rotatable bonds is 4. The minimum Gasteiger partial charge on any atom is -0.358 e. The predicted molar refractivity (Wildman–Crippen MR) is 90.7 cm³/mol. The van der Waals surface area contributed by atoms with Crippen molar-refractivity contribution in [2.75, 3.05) is 0 Å². The molecule has 0 spiro atoms. The van der Waals surface area contributed by atoms with Gasteiger partial charge in [0.25, 0.3) is 0 Å². The minimum absolute atomic E-state index is 0.0477. The first-order valence-corrected chi connectivity index (χ1v) is 8.41. The summed E-state index contributed by atoms with van der Waals surface area (Å²) < 4.78 is 2.16. The quantitative estimate of drug-likeness (QED) is 0.798. The summed E-state index contributed by atoms with van der Waals surface area (Å²) in [7, 11) is 0. The summed E-state index contributed by atoms with van der Waals surface area (Å²) in [5.74, 6) is 1.41. The molecular formula is C19H21N3O. The van der Waals surface area contributed by atoms with Crippen molar-refractivity contribution in [3.8, 4) is 0 Å². The van der Waals surface area contributed by atoms with Crippen molar-refractivity contribution >= 4 is 16.7 Å². The molecule has 23 heavy (non-hydrogen) atoms. The SMILES string of the molecule is CCCc1nccn1CC1CCc2[nH]c3ccccc3c2C1=O. The molecule has 0 bridgehead atoms. The molecule has 0 aliphatic heterocycles. The summed E-state index contributed by atoms with van der Waals surface area (Å²) in [4.78, 5) is 20.9. The van der Waals surface area contributed by atoms with Crippen molar-refractivity contribution in [1.82, 2.24) is 14.5 Å². The van der Waals surface area contributed by atoms with Crippen molar-refractivity contribution in [1.29, 1.82) is 0 Å². The fourth-order valence-corrected chi connectivity index (χ4v) is 3.69. The Balaban J connectivity index is 1.65. The van der Waals surface area contributed by atoms with E-state index in [0.29, 0.717) is 0 Å². The topological polar surface area (TPSA) is 50.7 Å². The van der Waals surface area contributed by atoms with E-state index in [9.17, 15) is 4.79 Å². The van der Waals surface area contributed by atoms with E-state index in [4.69, 9.17) is 0 Å². The van der Waals surface area contributed by atoms with Gasteiger partial charge in [0.15, 0.2) is 5.78 Å². The Kier molecular flexibility index (Phi) is 3.52. The molecule has 0 amide bonds. The van der Waals surface area contributed by atoms with E-state index in [1.807, 2.05) is 36.7 Å². The highest BCUT2D eigenvalue weighted by atomic mass is 16.1. The van der Waals surface area contributed by atoms with Crippen molar-refractivity contribution in [3.63, 3.8) is 0 Å². The Bertz CT molecular complexity index is 859. The van der Waals surface area contributed by atoms with Crippen LogP contribution in [-0.2, 0) is 19.4 Å². The molecule has 0 fully saturated rings. The van der Waals surface area contributed by atoms with E-state index in [2.05, 4.69) is 21.5 Å². The molecule has 0 radical (unpaired) electrons. The molecule has 4 rings (SSSR count). The van der Waals surface area contributed by atoms with Gasteiger partial charge < -0.3 is 9.55 Å². The summed E-state index contributed by atoms with van der Waals surface area (Å²) in [6.45, 7) is 2.90. The second kappa shape index (κ2) is 5.69. The number of hydrogen-bond acceptors (Lipinski definition) is 2. The third-order valence-electron chi connectivity index (χ3n) is 4.84. The van der Waals surface area contributed by atoms with Gasteiger partial charge in [-0.3, -0.25) is 4.79 Å². The van der Waals surface area contributed by atoms with Crippen LogP contribution in [0.15, 0.2) is 36.7 Å². The number of nitrogens with zero attached hydrogens (tertiary/aromatic N) is 2. The van der Waals surface area contributed by atoms with E-state index in [-0.39, 0.29) is 11.7 Å². The number of aryl methyl sites for hydroxylation is 2. The first-order chi connectivity index (χ1) is 11.3. The number of Topliss-reactive ketones (excluding diaryl/α,β-unsaturated/α-hetero) is 1. The number of aromatic nitrogens is 3. The fraction of sp³-hybridized carbons (Fsp3) is 0.368. The van der Waals surface area contributed by atoms with Crippen LogP contribution in [0.1, 0.15) is 41.6 Å². The number of para-hydroxylation sites is 1. The minimum atomic E-state index is 0.0477. The van der Waals surface area contributed by atoms with Crippen LogP contribution in [-0.4, -0.2) is 20.3 Å². The normalized spacial score (nSPS) is 17.6. The lowest BCUT2D eigenvalue weighted by atomic mass is 9.85. The predicted octanol–water partition coefficient (Wildman–Crippen LogP) is 3.76. The summed E-state index contributed by atoms with van der Waals surface area (Å²) in [5, 5.41) is 1.07. The first kappa shape index (κ1) is 14.2. The Morgan fingerprint density at radius 2 is 2.22 bits per heavy atom. The molecule has 1 N–H and O–H groups in total. The van der Waals surface area contributed by atoms with Gasteiger partial charge in [0.05, 0.1) is 0 Å². The first-order valence-electron chi connectivity index (χ1n) is 8.41. The molecule has 1 unspecified atom stereocenters. The van der Waals surface area contributed by atoms with Crippen molar-refractivity contribution in [2.24, 2.45) is 5.92 Å². The number of fused-ring (bicyclic) bond motifs is 3. The molecule has 2 heterocycles. The molecule has 4 heteroatoms. The molecule has 118 valence electrons. The van der Waals surface area contributed by atoms with Crippen LogP contribution < -0.4 is 0 Å². The molecule has 1 aliphatic carbocycles. The van der Waals surface area contributed by atoms with E-state index in [1.54, 1.807) is 0 Å². The van der Waals surface area contributed by atoms with Gasteiger partial charge in [-0.15, -0.1) is 0 Å². The van der Waals surface area contributed by atoms with Gasteiger partial charge in [-0.05, 0) is 25.3 Å². The number of aromatic amines is 1. The van der Waals surface area contributed by atoms with E-state index in [0.717, 1.165) is 60.2 Å². The van der Waals surface area contributed by atoms with E-state index >= 15 is 0 Å². The lowest BCUT2D eigenvalue weighted by molar-refractivity contribution is 0.0888. The van der Waals surface area contributed by atoms with Gasteiger partial charge >= 0.3 is 0 Å². The Labute approximate surface area is 135 Å². The molecule has 2 aromatic heterocycles. The third kappa shape index (κ3) is 2.38. The number of ketones is 1. The maximum absolute atomic E-state index is 13.0. The number of H-pyrrole nitrogens is 1. The van der Waals surface area contributed by atoms with Crippen LogP contribution in [0.5, 0.6) is 0 Å². The molecular weight excluding hydrogens is 286 g/mol. The molecule has 4 nitrogen and oxygen atoms in total. The molecule has 1 aromatic carbocycles. The van der Waals surface area contributed by atoms with Crippen molar-refractivity contribution < 1.29 is 4.79 Å². The number of imidazole rings is 1. The van der Waals surface area contributed by atoms with Gasteiger partial charge in [-0.25, -0.2) is 4.98 Å². The zero-order valence-corrected chi connectivity index (χ0v) is 13.4. The standard InChI is InChI=1S/C19H21N3O/c1-2-5-17-20-10-11-22(17)12-13-8-9-16-18(19(13)23)14-6-3-4-7-15(14)21-16/h3-4,6-7,10-11,13,21H,2,5,8-9,12H2,1H3. The Morgan fingerprint density at radius 1 is 1.35 bits per heavy atom. The summed E-state index contributed by atoms with van der Waals surface area (Å²) >= 11 is 0. The molecule has 3 aromatic rings. The van der Waals surface area contributed by atoms with Crippen molar-refractivity contribution in [2.45, 2.75) is 39.2 Å². The third-order valence-corrected chi connectivity index (χ3v) is 4.84. The van der Waals surface area contributed by atoms with E-state index < -0.39 is 0 Å². The summed E-state index contributed by atoms with van der Waals surface area (Å²) in [6.07, 6.45) is 7.73. The van der Waals surface area contributed by atoms with Crippen LogP contribution in [0.4, 0.5) is 0 Å². The average molecular weight is 307 g/mol. The smallest absolute Gasteiger partial charge is 0.170 e. The molecule has 1 atom stereocenters. The number of hydrogen-bond donors (Lipinski definition) is 1. The maximum Gasteiger partial charge on any atom is 0.170 e. The van der Waals surface area contributed by atoms with Gasteiger partial charge in [0.2, 0.25) is 0 Å². The van der Waals surface area contributed by atoms with Crippen LogP contribution in [0.25, 0.3) is 10.9 Å². The van der Waals surface area contributed by atoms with Crippen LogP contribution in [0.3, 0.4) is 0 Å². The van der Waals surface area contributed by atoms with Gasteiger partial charge in [-0.2, -0.15) is 0 Å². The fourth-order valence-electron chi connectivity index (χ4n) is 3.69. The maximum atomic E-state index is 13.0. The van der Waals surface area contributed by atoms with Gasteiger partial charge in [0.1, 0.15) is 5.82 Å². The highest BCUT2D eigenvalue weighted by molar-refractivity contribution is 6.10. The highest BCUT2D eigenvalue weighted by Gasteiger charge is 2.31. The lowest BCUT2D eigenvalue weighted by Gasteiger charge is -2.22. The summed E-state index contributed by atoms with van der Waals surface area (Å²) in [6, 6.07) is 8.10. The van der Waals surface area contributed by atoms with Crippen molar-refractivity contribution in [3.05, 3.63) is 53.7 Å². The van der Waals surface area contributed by atoms with Crippen LogP contribution >= 0.6 is 0 Å². The number of carbonyl (C=O) groups is 1. The second-order valence-corrected chi connectivity index (χ2v) is 6.37. The Morgan fingerprint density at radius 3 is 3.09 bits per heavy atom. The lowest BCUT2D eigenvalue weighted by Crippen LogP contribution is -2.26. The molecule has 0 saturated heterocycles. The second-order valence-electron chi connectivity index (χ2n) is 6.37. The van der Waals surface area contributed by atoms with Crippen LogP contribution in [0.2, 0.25) is 0 Å². The summed E-state index contributed by atoms with van der Waals surface area (Å²) in [5.41, 5.74) is 3.08. The highest BCUT2D eigenvalue weighted by Crippen LogP contribution is 2.32. The Hall–Kier alpha value is -2.36. The number of benzene rings is 1. The average Bonchev–Trinajstić information content (AvgIpc) is 3.15. The van der Waals surface area contributed by atoms with E-state index in [1.165, 1.54) is 0 Å². The van der Waals surface area contributed by atoms with Gasteiger partial charge in [-0.1, -0.05) is 25.1 Å². The van der Waals surface area contributed by atoms with Gasteiger partial charge in [0, 0.05) is 53.4 Å². The number of nitrogens with one attached hydrogen (secondary N) is 1. The molecule has 0 saturated carbocycles. The zero-order valence-electron chi connectivity index (χ0n) is 13.4. The zero-order chi connectivity index (χ0) is 15.8. The van der Waals surface area contributed by atoms with Crippen LogP contribution in [0, 0.1) is 5.92 Å². The number of carbonyl (C=O) groups excluding carboxylic acids is 1. The largest absolute Gasteiger partial charge is 0.358 e.